The number of ether oxygens (including phenoxy) is 3. The van der Waals surface area contributed by atoms with Gasteiger partial charge in [-0.1, -0.05) is 313 Å². The maximum atomic E-state index is 12.9. The summed E-state index contributed by atoms with van der Waals surface area (Å²) in [4.78, 5) is 38.4. The van der Waals surface area contributed by atoms with Gasteiger partial charge in [0.25, 0.3) is 0 Å². The molecule has 1 unspecified atom stereocenters. The predicted octanol–water partition coefficient (Wildman–Crippen LogP) is 24.7. The van der Waals surface area contributed by atoms with Crippen molar-refractivity contribution < 1.29 is 28.6 Å². The summed E-state index contributed by atoms with van der Waals surface area (Å²) in [5.74, 6) is -0.870. The number of carbonyl (C=O) groups is 3. The molecule has 0 fully saturated rings. The van der Waals surface area contributed by atoms with Crippen LogP contribution in [0.2, 0.25) is 0 Å². The molecule has 0 saturated heterocycles. The van der Waals surface area contributed by atoms with Crippen LogP contribution < -0.4 is 0 Å². The van der Waals surface area contributed by atoms with Gasteiger partial charge in [-0.3, -0.25) is 14.4 Å². The SMILES string of the molecule is CCCCCC/C=C\C/C=C\CCCCCCCCCC(=O)OC(COC(=O)CCCCCCC/C=C\CCCCCCCCC)COC(=O)CCCCCCCCCCCCCCCCCCC/C=C\C/C=C\CCCCCCC. The van der Waals surface area contributed by atoms with E-state index < -0.39 is 6.10 Å². The summed E-state index contributed by atoms with van der Waals surface area (Å²) in [6, 6.07) is 0. The van der Waals surface area contributed by atoms with Crippen LogP contribution in [0.25, 0.3) is 0 Å². The number of hydrogen-bond donors (Lipinski definition) is 0. The van der Waals surface area contributed by atoms with Crippen LogP contribution in [0.5, 0.6) is 0 Å². The van der Waals surface area contributed by atoms with Crippen molar-refractivity contribution in [1.29, 1.82) is 0 Å². The van der Waals surface area contributed by atoms with Gasteiger partial charge < -0.3 is 14.2 Å². The fourth-order valence-electron chi connectivity index (χ4n) is 10.6. The standard InChI is InChI=1S/C75H136O6/c1-4-7-10-13-16-19-22-25-28-31-33-34-35-36-37-38-39-40-41-42-43-45-47-50-53-56-59-62-65-68-74(77)80-71-72(70-79-73(76)67-64-61-58-55-52-49-46-30-27-24-21-18-15-12-9-6-3)81-75(78)69-66-63-60-57-54-51-48-44-32-29-26-23-20-17-14-11-8-5-2/h20,22-23,25,29-33,46,72H,4-19,21,24,26-28,34-45,47-71H2,1-3H3/b23-20-,25-22-,32-29-,33-31-,46-30-. The van der Waals surface area contributed by atoms with E-state index in [9.17, 15) is 14.4 Å². The Balaban J connectivity index is 4.25. The summed E-state index contributed by atoms with van der Waals surface area (Å²) in [6.45, 7) is 6.66. The first kappa shape index (κ1) is 78.1. The average molecular weight is 1130 g/mol. The number of unbranched alkanes of at least 4 members (excludes halogenated alkanes) is 45. The van der Waals surface area contributed by atoms with Crippen molar-refractivity contribution in [2.45, 2.75) is 386 Å². The lowest BCUT2D eigenvalue weighted by atomic mass is 10.0. The number of carbonyl (C=O) groups excluding carboxylic acids is 3. The van der Waals surface area contributed by atoms with Gasteiger partial charge in [-0.2, -0.15) is 0 Å². The Kier molecular flexibility index (Phi) is 67.1. The topological polar surface area (TPSA) is 78.9 Å². The summed E-state index contributed by atoms with van der Waals surface area (Å²) < 4.78 is 17.0. The molecule has 0 aromatic carbocycles. The molecule has 81 heavy (non-hydrogen) atoms. The lowest BCUT2D eigenvalue weighted by molar-refractivity contribution is -0.167. The van der Waals surface area contributed by atoms with Crippen molar-refractivity contribution >= 4 is 17.9 Å². The van der Waals surface area contributed by atoms with E-state index in [0.29, 0.717) is 19.3 Å². The van der Waals surface area contributed by atoms with E-state index in [2.05, 4.69) is 81.5 Å². The molecule has 0 aromatic heterocycles. The highest BCUT2D eigenvalue weighted by atomic mass is 16.6. The molecule has 0 N–H and O–H groups in total. The van der Waals surface area contributed by atoms with Crippen LogP contribution in [-0.2, 0) is 28.6 Å². The summed E-state index contributed by atoms with van der Waals surface area (Å²) >= 11 is 0. The number of rotatable bonds is 66. The molecule has 0 bridgehead atoms. The van der Waals surface area contributed by atoms with Gasteiger partial charge in [0.1, 0.15) is 13.2 Å². The fraction of sp³-hybridized carbons (Fsp3) is 0.827. The highest BCUT2D eigenvalue weighted by Crippen LogP contribution is 2.18. The minimum absolute atomic E-state index is 0.0767. The molecule has 1 atom stereocenters. The van der Waals surface area contributed by atoms with Crippen LogP contribution in [-0.4, -0.2) is 37.2 Å². The Labute approximate surface area is 504 Å². The van der Waals surface area contributed by atoms with Crippen LogP contribution in [0.4, 0.5) is 0 Å². The third-order valence-corrected chi connectivity index (χ3v) is 16.0. The highest BCUT2D eigenvalue weighted by molar-refractivity contribution is 5.71. The third-order valence-electron chi connectivity index (χ3n) is 16.0. The van der Waals surface area contributed by atoms with Crippen molar-refractivity contribution in [2.75, 3.05) is 13.2 Å². The summed E-state index contributed by atoms with van der Waals surface area (Å²) in [7, 11) is 0. The Hall–Kier alpha value is -2.89. The Morgan fingerprint density at radius 1 is 0.247 bits per heavy atom. The molecule has 0 radical (unpaired) electrons. The van der Waals surface area contributed by atoms with E-state index in [4.69, 9.17) is 14.2 Å². The van der Waals surface area contributed by atoms with Crippen molar-refractivity contribution in [3.8, 4) is 0 Å². The zero-order valence-corrected chi connectivity index (χ0v) is 54.3. The van der Waals surface area contributed by atoms with Gasteiger partial charge in [-0.25, -0.2) is 0 Å². The minimum Gasteiger partial charge on any atom is -0.462 e. The maximum absolute atomic E-state index is 12.9. The van der Waals surface area contributed by atoms with Gasteiger partial charge in [0.05, 0.1) is 0 Å². The number of allylic oxidation sites excluding steroid dienone is 10. The Morgan fingerprint density at radius 3 is 0.704 bits per heavy atom. The van der Waals surface area contributed by atoms with Gasteiger partial charge in [-0.05, 0) is 109 Å². The highest BCUT2D eigenvalue weighted by Gasteiger charge is 2.19. The smallest absolute Gasteiger partial charge is 0.306 e. The van der Waals surface area contributed by atoms with E-state index in [1.807, 2.05) is 0 Å². The molecule has 472 valence electrons. The molecule has 0 rings (SSSR count). The van der Waals surface area contributed by atoms with Gasteiger partial charge in [0, 0.05) is 19.3 Å². The van der Waals surface area contributed by atoms with Gasteiger partial charge in [0.2, 0.25) is 0 Å². The Morgan fingerprint density at radius 2 is 0.444 bits per heavy atom. The van der Waals surface area contributed by atoms with E-state index in [1.165, 1.54) is 257 Å². The van der Waals surface area contributed by atoms with Gasteiger partial charge >= 0.3 is 17.9 Å². The molecule has 0 aromatic rings. The van der Waals surface area contributed by atoms with Crippen LogP contribution in [0.3, 0.4) is 0 Å². The lowest BCUT2D eigenvalue weighted by Crippen LogP contribution is -2.30. The normalized spacial score (nSPS) is 12.4. The van der Waals surface area contributed by atoms with Crippen molar-refractivity contribution in [3.63, 3.8) is 0 Å². The largest absolute Gasteiger partial charge is 0.462 e. The number of hydrogen-bond acceptors (Lipinski definition) is 6. The molecule has 0 aliphatic carbocycles. The van der Waals surface area contributed by atoms with E-state index in [-0.39, 0.29) is 31.1 Å². The number of esters is 3. The zero-order valence-electron chi connectivity index (χ0n) is 54.3. The van der Waals surface area contributed by atoms with Gasteiger partial charge in [-0.15, -0.1) is 0 Å². The van der Waals surface area contributed by atoms with Gasteiger partial charge in [0.15, 0.2) is 6.10 Å². The second kappa shape index (κ2) is 69.6. The predicted molar refractivity (Wildman–Crippen MR) is 353 cm³/mol. The second-order valence-electron chi connectivity index (χ2n) is 24.1. The first-order valence-electron chi connectivity index (χ1n) is 35.8. The van der Waals surface area contributed by atoms with Crippen molar-refractivity contribution in [3.05, 3.63) is 60.8 Å². The van der Waals surface area contributed by atoms with E-state index >= 15 is 0 Å². The van der Waals surface area contributed by atoms with Crippen LogP contribution >= 0.6 is 0 Å². The van der Waals surface area contributed by atoms with Crippen LogP contribution in [0.1, 0.15) is 380 Å². The molecule has 6 nitrogen and oxygen atoms in total. The van der Waals surface area contributed by atoms with Crippen molar-refractivity contribution in [2.24, 2.45) is 0 Å². The first-order valence-corrected chi connectivity index (χ1v) is 35.8. The molecule has 0 aliphatic heterocycles. The zero-order chi connectivity index (χ0) is 58.5. The molecule has 0 aliphatic rings. The van der Waals surface area contributed by atoms with E-state index in [0.717, 1.165) is 83.5 Å². The molecule has 0 heterocycles. The Bertz CT molecular complexity index is 1440. The fourth-order valence-corrected chi connectivity index (χ4v) is 10.6. The second-order valence-corrected chi connectivity index (χ2v) is 24.1. The summed E-state index contributed by atoms with van der Waals surface area (Å²) in [5.41, 5.74) is 0. The molecule has 0 saturated carbocycles. The third kappa shape index (κ3) is 67.8. The van der Waals surface area contributed by atoms with E-state index in [1.54, 1.807) is 0 Å². The van der Waals surface area contributed by atoms with Crippen molar-refractivity contribution in [1.82, 2.24) is 0 Å². The monoisotopic (exact) mass is 1130 g/mol. The van der Waals surface area contributed by atoms with Crippen LogP contribution in [0.15, 0.2) is 60.8 Å². The average Bonchev–Trinajstić information content (AvgIpc) is 3.47. The molecular formula is C75H136O6. The summed E-state index contributed by atoms with van der Waals surface area (Å²) in [6.07, 6.45) is 89.6. The molecule has 0 amide bonds. The molecule has 6 heteroatoms. The minimum atomic E-state index is -0.782. The summed E-state index contributed by atoms with van der Waals surface area (Å²) in [5, 5.41) is 0. The van der Waals surface area contributed by atoms with Crippen LogP contribution in [0, 0.1) is 0 Å². The molecule has 0 spiro atoms. The first-order chi connectivity index (χ1) is 40.0. The quantitative estimate of drug-likeness (QED) is 0.0261. The lowest BCUT2D eigenvalue weighted by Gasteiger charge is -2.18. The maximum Gasteiger partial charge on any atom is 0.306 e. The molecular weight excluding hydrogens is 997 g/mol.